The second kappa shape index (κ2) is 4.45. The van der Waals surface area contributed by atoms with Crippen LogP contribution in [0.5, 0.6) is 0 Å². The molecule has 70 valence electrons. The molecule has 12 heavy (non-hydrogen) atoms. The quantitative estimate of drug-likeness (QED) is 0.683. The van der Waals surface area contributed by atoms with Gasteiger partial charge in [-0.2, -0.15) is 0 Å². The van der Waals surface area contributed by atoms with Crippen LogP contribution in [0.25, 0.3) is 0 Å². The van der Waals surface area contributed by atoms with E-state index >= 15 is 0 Å². The minimum absolute atomic E-state index is 0.00287. The van der Waals surface area contributed by atoms with Gasteiger partial charge in [-0.3, -0.25) is 4.79 Å². The Morgan fingerprint density at radius 2 is 2.33 bits per heavy atom. The van der Waals surface area contributed by atoms with E-state index in [0.717, 1.165) is 0 Å². The highest BCUT2D eigenvalue weighted by atomic mass is 16.5. The summed E-state index contributed by atoms with van der Waals surface area (Å²) in [4.78, 5) is 11.1. The standard InChI is InChI=1S/C9H17NO2/c1-7(8-4-3-5-8)10-9(11)6-12-2/h7-8H,3-6H2,1-2H3,(H,10,11). The van der Waals surface area contributed by atoms with Gasteiger partial charge in [-0.25, -0.2) is 0 Å². The molecule has 1 fully saturated rings. The Balaban J connectivity index is 2.15. The lowest BCUT2D eigenvalue weighted by molar-refractivity contribution is -0.125. The van der Waals surface area contributed by atoms with Crippen LogP contribution in [-0.2, 0) is 9.53 Å². The fourth-order valence-corrected chi connectivity index (χ4v) is 1.48. The first-order valence-corrected chi connectivity index (χ1v) is 4.52. The van der Waals surface area contributed by atoms with E-state index in [9.17, 15) is 4.79 Å². The number of rotatable bonds is 4. The highest BCUT2D eigenvalue weighted by Crippen LogP contribution is 2.29. The Labute approximate surface area is 73.5 Å². The number of carbonyl (C=O) groups is 1. The van der Waals surface area contributed by atoms with E-state index in [1.54, 1.807) is 0 Å². The fraction of sp³-hybridized carbons (Fsp3) is 0.889. The first kappa shape index (κ1) is 9.52. The van der Waals surface area contributed by atoms with E-state index in [1.807, 2.05) is 0 Å². The molecule has 1 saturated carbocycles. The third-order valence-corrected chi connectivity index (χ3v) is 2.52. The molecule has 0 aromatic heterocycles. The van der Waals surface area contributed by atoms with Crippen molar-refractivity contribution < 1.29 is 9.53 Å². The summed E-state index contributed by atoms with van der Waals surface area (Å²) < 4.78 is 4.72. The molecule has 0 saturated heterocycles. The zero-order chi connectivity index (χ0) is 8.97. The van der Waals surface area contributed by atoms with Crippen molar-refractivity contribution in [2.75, 3.05) is 13.7 Å². The molecule has 1 aliphatic carbocycles. The summed E-state index contributed by atoms with van der Waals surface area (Å²) in [5.41, 5.74) is 0. The second-order valence-corrected chi connectivity index (χ2v) is 3.48. The maximum absolute atomic E-state index is 11.1. The molecule has 0 spiro atoms. The Bertz CT molecular complexity index is 155. The average Bonchev–Trinajstić information content (AvgIpc) is 1.82. The molecular formula is C9H17NO2. The van der Waals surface area contributed by atoms with Gasteiger partial charge < -0.3 is 10.1 Å². The molecular weight excluding hydrogens is 154 g/mol. The van der Waals surface area contributed by atoms with E-state index in [-0.39, 0.29) is 12.5 Å². The minimum Gasteiger partial charge on any atom is -0.375 e. The number of hydrogen-bond acceptors (Lipinski definition) is 2. The Kier molecular flexibility index (Phi) is 3.53. The normalized spacial score (nSPS) is 19.8. The van der Waals surface area contributed by atoms with Crippen LogP contribution in [0.2, 0.25) is 0 Å². The summed E-state index contributed by atoms with van der Waals surface area (Å²) in [7, 11) is 1.54. The highest BCUT2D eigenvalue weighted by Gasteiger charge is 2.24. The Hall–Kier alpha value is -0.570. The van der Waals surface area contributed by atoms with Crippen molar-refractivity contribution in [2.24, 2.45) is 5.92 Å². The summed E-state index contributed by atoms with van der Waals surface area (Å²) in [6.07, 6.45) is 3.83. The molecule has 1 atom stereocenters. The van der Waals surface area contributed by atoms with Crippen molar-refractivity contribution in [3.8, 4) is 0 Å². The molecule has 0 bridgehead atoms. The number of hydrogen-bond donors (Lipinski definition) is 1. The maximum Gasteiger partial charge on any atom is 0.246 e. The molecule has 1 amide bonds. The smallest absolute Gasteiger partial charge is 0.246 e. The molecule has 1 aliphatic rings. The highest BCUT2D eigenvalue weighted by molar-refractivity contribution is 5.77. The molecule has 1 N–H and O–H groups in total. The summed E-state index contributed by atoms with van der Waals surface area (Å²) in [5, 5.41) is 2.92. The van der Waals surface area contributed by atoms with Crippen molar-refractivity contribution >= 4 is 5.91 Å². The van der Waals surface area contributed by atoms with Crippen molar-refractivity contribution in [1.82, 2.24) is 5.32 Å². The van der Waals surface area contributed by atoms with E-state index in [0.29, 0.717) is 12.0 Å². The van der Waals surface area contributed by atoms with Crippen LogP contribution in [-0.4, -0.2) is 25.7 Å². The van der Waals surface area contributed by atoms with Crippen LogP contribution in [0.3, 0.4) is 0 Å². The first-order chi connectivity index (χ1) is 5.74. The molecule has 0 aromatic rings. The lowest BCUT2D eigenvalue weighted by Crippen LogP contribution is -2.42. The minimum atomic E-state index is -0.00287. The molecule has 3 heteroatoms. The number of ether oxygens (including phenoxy) is 1. The Morgan fingerprint density at radius 3 is 2.75 bits per heavy atom. The number of amides is 1. The van der Waals surface area contributed by atoms with Gasteiger partial charge in [-0.15, -0.1) is 0 Å². The molecule has 0 aromatic carbocycles. The van der Waals surface area contributed by atoms with Gasteiger partial charge >= 0.3 is 0 Å². The number of methoxy groups -OCH3 is 1. The van der Waals surface area contributed by atoms with Crippen LogP contribution < -0.4 is 5.32 Å². The summed E-state index contributed by atoms with van der Waals surface area (Å²) in [6, 6.07) is 0.321. The van der Waals surface area contributed by atoms with Crippen LogP contribution >= 0.6 is 0 Å². The van der Waals surface area contributed by atoms with E-state index < -0.39 is 0 Å². The zero-order valence-electron chi connectivity index (χ0n) is 7.80. The van der Waals surface area contributed by atoms with Gasteiger partial charge in [0.05, 0.1) is 0 Å². The zero-order valence-corrected chi connectivity index (χ0v) is 7.80. The van der Waals surface area contributed by atoms with Gasteiger partial charge in [0.1, 0.15) is 6.61 Å². The molecule has 1 rings (SSSR count). The van der Waals surface area contributed by atoms with E-state index in [1.165, 1.54) is 26.4 Å². The lowest BCUT2D eigenvalue weighted by atomic mass is 9.80. The maximum atomic E-state index is 11.1. The van der Waals surface area contributed by atoms with Crippen LogP contribution in [0.1, 0.15) is 26.2 Å². The average molecular weight is 171 g/mol. The summed E-state index contributed by atoms with van der Waals surface area (Å²) in [6.45, 7) is 2.24. The number of nitrogens with one attached hydrogen (secondary N) is 1. The monoisotopic (exact) mass is 171 g/mol. The van der Waals surface area contributed by atoms with Gasteiger partial charge in [0.25, 0.3) is 0 Å². The van der Waals surface area contributed by atoms with Crippen LogP contribution in [0, 0.1) is 5.92 Å². The van der Waals surface area contributed by atoms with Crippen molar-refractivity contribution in [3.63, 3.8) is 0 Å². The van der Waals surface area contributed by atoms with Crippen LogP contribution in [0.15, 0.2) is 0 Å². The van der Waals surface area contributed by atoms with Gasteiger partial charge in [0.15, 0.2) is 0 Å². The van der Waals surface area contributed by atoms with Gasteiger partial charge in [0.2, 0.25) is 5.91 Å². The lowest BCUT2D eigenvalue weighted by Gasteiger charge is -2.31. The fourth-order valence-electron chi connectivity index (χ4n) is 1.48. The SMILES string of the molecule is COCC(=O)NC(C)C1CCC1. The Morgan fingerprint density at radius 1 is 1.67 bits per heavy atom. The predicted octanol–water partition coefficient (Wildman–Crippen LogP) is 0.938. The van der Waals surface area contributed by atoms with Gasteiger partial charge in [-0.1, -0.05) is 6.42 Å². The number of carbonyl (C=O) groups excluding carboxylic acids is 1. The van der Waals surface area contributed by atoms with Crippen molar-refractivity contribution in [3.05, 3.63) is 0 Å². The third-order valence-electron chi connectivity index (χ3n) is 2.52. The van der Waals surface area contributed by atoms with E-state index in [4.69, 9.17) is 4.74 Å². The van der Waals surface area contributed by atoms with E-state index in [2.05, 4.69) is 12.2 Å². The van der Waals surface area contributed by atoms with Crippen molar-refractivity contribution in [2.45, 2.75) is 32.2 Å². The second-order valence-electron chi connectivity index (χ2n) is 3.48. The van der Waals surface area contributed by atoms with Crippen molar-refractivity contribution in [1.29, 1.82) is 0 Å². The summed E-state index contributed by atoms with van der Waals surface area (Å²) in [5.74, 6) is 0.697. The van der Waals surface area contributed by atoms with Gasteiger partial charge in [-0.05, 0) is 25.7 Å². The molecule has 1 unspecified atom stereocenters. The molecule has 0 radical (unpaired) electrons. The largest absolute Gasteiger partial charge is 0.375 e. The molecule has 3 nitrogen and oxygen atoms in total. The van der Waals surface area contributed by atoms with Crippen LogP contribution in [0.4, 0.5) is 0 Å². The van der Waals surface area contributed by atoms with Gasteiger partial charge in [0, 0.05) is 13.2 Å². The molecule has 0 aliphatic heterocycles. The predicted molar refractivity (Wildman–Crippen MR) is 46.8 cm³/mol. The third kappa shape index (κ3) is 2.48. The topological polar surface area (TPSA) is 38.3 Å². The summed E-state index contributed by atoms with van der Waals surface area (Å²) >= 11 is 0. The molecule has 0 heterocycles. The first-order valence-electron chi connectivity index (χ1n) is 4.52.